The molecule has 6 heteroatoms. The summed E-state index contributed by atoms with van der Waals surface area (Å²) in [7, 11) is 0. The summed E-state index contributed by atoms with van der Waals surface area (Å²) in [6, 6.07) is 15.3. The van der Waals surface area contributed by atoms with Gasteiger partial charge in [0.05, 0.1) is 5.56 Å². The summed E-state index contributed by atoms with van der Waals surface area (Å²) in [6.45, 7) is 1.67. The normalized spacial score (nSPS) is 26.4. The fourth-order valence-corrected chi connectivity index (χ4v) is 5.86. The molecule has 0 spiro atoms. The molecule has 3 fully saturated rings. The highest BCUT2D eigenvalue weighted by molar-refractivity contribution is 5.94. The van der Waals surface area contributed by atoms with E-state index in [2.05, 4.69) is 5.32 Å². The van der Waals surface area contributed by atoms with Crippen LogP contribution in [0.3, 0.4) is 0 Å². The Bertz CT molecular complexity index is 995. The van der Waals surface area contributed by atoms with Crippen molar-refractivity contribution in [2.45, 2.75) is 31.3 Å². The van der Waals surface area contributed by atoms with Gasteiger partial charge in [-0.05, 0) is 48.3 Å². The lowest BCUT2D eigenvalue weighted by molar-refractivity contribution is -0.147. The predicted octanol–water partition coefficient (Wildman–Crippen LogP) is 3.34. The second-order valence-electron chi connectivity index (χ2n) is 9.51. The van der Waals surface area contributed by atoms with Crippen LogP contribution in [-0.4, -0.2) is 41.5 Å². The summed E-state index contributed by atoms with van der Waals surface area (Å²) in [5.74, 6) is -0.207. The minimum absolute atomic E-state index is 0.0718. The van der Waals surface area contributed by atoms with E-state index in [1.54, 1.807) is 17.0 Å². The maximum Gasteiger partial charge on any atom is 0.256 e. The number of amides is 2. The van der Waals surface area contributed by atoms with Crippen LogP contribution in [0.25, 0.3) is 0 Å². The van der Waals surface area contributed by atoms with Crippen molar-refractivity contribution < 1.29 is 19.1 Å². The second kappa shape index (κ2) is 8.32. The Morgan fingerprint density at radius 3 is 2.28 bits per heavy atom. The van der Waals surface area contributed by atoms with Crippen molar-refractivity contribution in [3.05, 3.63) is 71.5 Å². The number of carbonyl (C=O) groups is 2. The van der Waals surface area contributed by atoms with Crippen LogP contribution < -0.4 is 5.32 Å². The molecule has 5 rings (SSSR count). The zero-order chi connectivity index (χ0) is 22.3. The van der Waals surface area contributed by atoms with Gasteiger partial charge in [-0.2, -0.15) is 0 Å². The van der Waals surface area contributed by atoms with Gasteiger partial charge in [0.1, 0.15) is 5.82 Å². The molecule has 2 N–H and O–H groups in total. The van der Waals surface area contributed by atoms with E-state index in [1.165, 1.54) is 12.1 Å². The van der Waals surface area contributed by atoms with E-state index in [-0.39, 0.29) is 23.3 Å². The molecule has 1 aliphatic heterocycles. The third kappa shape index (κ3) is 3.60. The van der Waals surface area contributed by atoms with Crippen molar-refractivity contribution in [1.82, 2.24) is 10.2 Å². The lowest BCUT2D eigenvalue weighted by Gasteiger charge is -2.33. The molecule has 2 aromatic carbocycles. The van der Waals surface area contributed by atoms with Crippen molar-refractivity contribution in [3.8, 4) is 0 Å². The molecule has 32 heavy (non-hydrogen) atoms. The number of fused-ring (bicyclic) bond motifs is 1. The number of rotatable bonds is 6. The molecule has 0 aromatic heterocycles. The monoisotopic (exact) mass is 436 g/mol. The number of hydrogen-bond acceptors (Lipinski definition) is 3. The molecule has 3 unspecified atom stereocenters. The first kappa shape index (κ1) is 21.1. The first-order valence-corrected chi connectivity index (χ1v) is 11.6. The van der Waals surface area contributed by atoms with E-state index in [9.17, 15) is 19.1 Å². The molecule has 0 radical (unpaired) electrons. The van der Waals surface area contributed by atoms with Crippen molar-refractivity contribution in [3.63, 3.8) is 0 Å². The van der Waals surface area contributed by atoms with Crippen molar-refractivity contribution in [2.24, 2.45) is 23.7 Å². The Kier molecular flexibility index (Phi) is 5.49. The lowest BCUT2D eigenvalue weighted by atomic mass is 9.79. The molecule has 2 aliphatic carbocycles. The van der Waals surface area contributed by atoms with Crippen LogP contribution in [0.5, 0.6) is 0 Å². The molecule has 2 saturated carbocycles. The van der Waals surface area contributed by atoms with Gasteiger partial charge in [-0.1, -0.05) is 55.3 Å². The molecule has 3 aliphatic rings. The lowest BCUT2D eigenvalue weighted by Crippen LogP contribution is -2.49. The topological polar surface area (TPSA) is 69.6 Å². The number of nitrogens with zero attached hydrogens (tertiary/aromatic N) is 1. The van der Waals surface area contributed by atoms with E-state index >= 15 is 0 Å². The maximum atomic E-state index is 13.9. The fraction of sp³-hybridized carbons (Fsp3) is 0.462. The summed E-state index contributed by atoms with van der Waals surface area (Å²) >= 11 is 0. The van der Waals surface area contributed by atoms with Crippen molar-refractivity contribution in [1.29, 1.82) is 0 Å². The Labute approximate surface area is 187 Å². The summed E-state index contributed by atoms with van der Waals surface area (Å²) in [5, 5.41) is 14.6. The molecule has 1 saturated heterocycles. The van der Waals surface area contributed by atoms with Crippen LogP contribution in [0.2, 0.25) is 0 Å². The summed E-state index contributed by atoms with van der Waals surface area (Å²) in [4.78, 5) is 27.6. The van der Waals surface area contributed by atoms with Gasteiger partial charge in [-0.3, -0.25) is 9.59 Å². The Morgan fingerprint density at radius 1 is 1.00 bits per heavy atom. The average Bonchev–Trinajstić information content (AvgIpc) is 3.23. The number of halogens is 1. The first-order chi connectivity index (χ1) is 15.5. The number of piperidine rings is 1. The molecule has 0 bridgehead atoms. The first-order valence-electron chi connectivity index (χ1n) is 11.6. The number of hydrogen-bond donors (Lipinski definition) is 2. The van der Waals surface area contributed by atoms with Crippen LogP contribution in [-0.2, 0) is 10.4 Å². The molecule has 3 atom stereocenters. The Hall–Kier alpha value is -2.73. The van der Waals surface area contributed by atoms with E-state index in [0.717, 1.165) is 25.7 Å². The van der Waals surface area contributed by atoms with Gasteiger partial charge >= 0.3 is 0 Å². The highest BCUT2D eigenvalue weighted by Gasteiger charge is 2.57. The standard InChI is InChI=1S/C26H29FN2O3/c27-23-13-7-6-12-19(23)24(30)29-15-21-20(22(21)16-29)14-28-25(31)26(32,18-10-4-5-11-18)17-8-2-1-3-9-17/h1-3,6-9,12-13,18,20-22,32H,4-5,10-11,14-16H2,(H,28,31). The van der Waals surface area contributed by atoms with Gasteiger partial charge in [0.2, 0.25) is 0 Å². The third-order valence-electron chi connectivity index (χ3n) is 7.77. The smallest absolute Gasteiger partial charge is 0.256 e. The van der Waals surface area contributed by atoms with E-state index in [4.69, 9.17) is 0 Å². The van der Waals surface area contributed by atoms with E-state index in [1.807, 2.05) is 30.3 Å². The molecule has 5 nitrogen and oxygen atoms in total. The van der Waals surface area contributed by atoms with Gasteiger partial charge in [0.15, 0.2) is 5.60 Å². The van der Waals surface area contributed by atoms with Crippen LogP contribution in [0.1, 0.15) is 41.6 Å². The molecular formula is C26H29FN2O3. The summed E-state index contributed by atoms with van der Waals surface area (Å²) in [5.41, 5.74) is -0.737. The number of benzene rings is 2. The Balaban J connectivity index is 1.20. The predicted molar refractivity (Wildman–Crippen MR) is 118 cm³/mol. The van der Waals surface area contributed by atoms with Gasteiger partial charge < -0.3 is 15.3 Å². The number of carbonyl (C=O) groups excluding carboxylic acids is 2. The van der Waals surface area contributed by atoms with Crippen molar-refractivity contribution in [2.75, 3.05) is 19.6 Å². The molecule has 2 aromatic rings. The molecular weight excluding hydrogens is 407 g/mol. The fourth-order valence-electron chi connectivity index (χ4n) is 5.86. The van der Waals surface area contributed by atoms with Crippen LogP contribution in [0, 0.1) is 29.5 Å². The van der Waals surface area contributed by atoms with Gasteiger partial charge in [0.25, 0.3) is 11.8 Å². The second-order valence-corrected chi connectivity index (χ2v) is 9.51. The number of likely N-dealkylation sites (tertiary alicyclic amines) is 1. The maximum absolute atomic E-state index is 13.9. The molecule has 168 valence electrons. The SMILES string of the molecule is O=C(c1ccccc1F)N1CC2C(CNC(=O)C(O)(c3ccccc3)C3CCCC3)C2C1. The molecule has 1 heterocycles. The van der Waals surface area contributed by atoms with Crippen LogP contribution >= 0.6 is 0 Å². The third-order valence-corrected chi connectivity index (χ3v) is 7.77. The van der Waals surface area contributed by atoms with Gasteiger partial charge in [-0.25, -0.2) is 4.39 Å². The molecule has 2 amide bonds. The highest BCUT2D eigenvalue weighted by atomic mass is 19.1. The largest absolute Gasteiger partial charge is 0.375 e. The number of aliphatic hydroxyl groups is 1. The highest BCUT2D eigenvalue weighted by Crippen LogP contribution is 2.51. The van der Waals surface area contributed by atoms with Gasteiger partial charge in [0, 0.05) is 25.6 Å². The summed E-state index contributed by atoms with van der Waals surface area (Å²) < 4.78 is 13.9. The zero-order valence-corrected chi connectivity index (χ0v) is 18.0. The average molecular weight is 437 g/mol. The van der Waals surface area contributed by atoms with Crippen LogP contribution in [0.15, 0.2) is 54.6 Å². The quantitative estimate of drug-likeness (QED) is 0.730. The minimum atomic E-state index is -1.51. The minimum Gasteiger partial charge on any atom is -0.375 e. The zero-order valence-electron chi connectivity index (χ0n) is 18.0. The Morgan fingerprint density at radius 2 is 1.62 bits per heavy atom. The van der Waals surface area contributed by atoms with Crippen molar-refractivity contribution >= 4 is 11.8 Å². The van der Waals surface area contributed by atoms with Gasteiger partial charge in [-0.15, -0.1) is 0 Å². The van der Waals surface area contributed by atoms with E-state index < -0.39 is 11.4 Å². The number of nitrogens with one attached hydrogen (secondary N) is 1. The summed E-state index contributed by atoms with van der Waals surface area (Å²) in [6.07, 6.45) is 3.76. The van der Waals surface area contributed by atoms with E-state index in [0.29, 0.717) is 43.0 Å². The van der Waals surface area contributed by atoms with Crippen LogP contribution in [0.4, 0.5) is 4.39 Å².